The molecule has 2 radical (unpaired) electrons. The number of hydrogen-bond donors (Lipinski definition) is 1. The number of nitrogens with one attached hydrogen (secondary N) is 1. The molecule has 1 fully saturated rings. The maximum absolute atomic E-state index is 10.7. The molecule has 8 nitrogen and oxygen atoms in total. The van der Waals surface area contributed by atoms with Crippen LogP contribution >= 0.6 is 0 Å². The van der Waals surface area contributed by atoms with E-state index in [1.54, 1.807) is 5.32 Å². The number of Topliss-reactive ketones (excluding diaryl/α,β-unsaturated/α-hetero) is 1. The molecule has 0 unspecified atom stereocenters. The Morgan fingerprint density at radius 1 is 1.08 bits per heavy atom. The van der Waals surface area contributed by atoms with Gasteiger partial charge >= 0.3 is 74.0 Å². The van der Waals surface area contributed by atoms with Crippen molar-refractivity contribution in [1.82, 2.24) is 8.44 Å². The molecule has 0 saturated carbocycles. The van der Waals surface area contributed by atoms with Crippen molar-refractivity contribution in [1.29, 1.82) is 0 Å². The number of nitrogens with zero attached hydrogens (tertiary/aromatic N) is 1. The Morgan fingerprint density at radius 2 is 1.54 bits per heavy atom. The summed E-state index contributed by atoms with van der Waals surface area (Å²) in [6.07, 6.45) is 0. The Morgan fingerprint density at radius 3 is 2.00 bits per heavy atom. The van der Waals surface area contributed by atoms with Crippen LogP contribution in [0.15, 0.2) is 0 Å². The number of rotatable bonds is 0. The summed E-state index contributed by atoms with van der Waals surface area (Å²) in [4.78, 5) is 42.3. The second-order valence-electron chi connectivity index (χ2n) is 1.76. The molecule has 1 heterocycles. The second kappa shape index (κ2) is 4.89. The molecule has 4 amide bonds. The van der Waals surface area contributed by atoms with Crippen molar-refractivity contribution < 1.29 is 30.1 Å². The third-order valence-corrected chi connectivity index (χ3v) is 2.40. The van der Waals surface area contributed by atoms with Gasteiger partial charge in [0.2, 0.25) is 0 Å². The third kappa shape index (κ3) is 2.47. The first-order valence-electron chi connectivity index (χ1n) is 2.52. The van der Waals surface area contributed by atoms with Crippen LogP contribution in [0.2, 0.25) is 0 Å². The van der Waals surface area contributed by atoms with E-state index in [4.69, 9.17) is 0 Å². The fourth-order valence-electron chi connectivity index (χ4n) is 0.513. The number of barbiturate groups is 1. The SMILES string of the molecule is O.O.O=C1NC(=O)[N]([SnH])C(=O)C1=O. The van der Waals surface area contributed by atoms with Crippen molar-refractivity contribution in [2.24, 2.45) is 0 Å². The molecule has 5 N–H and O–H groups in total. The predicted molar refractivity (Wildman–Crippen MR) is 39.8 cm³/mol. The molecule has 0 bridgehead atoms. The minimum absolute atomic E-state index is 0. The van der Waals surface area contributed by atoms with Gasteiger partial charge in [-0.15, -0.1) is 0 Å². The number of urea groups is 1. The summed E-state index contributed by atoms with van der Waals surface area (Å²) >= 11 is 0.162. The van der Waals surface area contributed by atoms with Crippen molar-refractivity contribution >= 4 is 46.4 Å². The molecule has 72 valence electrons. The molecule has 0 aromatic carbocycles. The van der Waals surface area contributed by atoms with Gasteiger partial charge in [0.25, 0.3) is 0 Å². The first-order valence-corrected chi connectivity index (χ1v) is 4.00. The summed E-state index contributed by atoms with van der Waals surface area (Å²) in [5.74, 6) is -3.37. The standard InChI is InChI=1S/C4H2N2O4.2H2O.Sn.H/c7-1-2(8)5-4(10)6-3(1)9;;;;/h(H2,5,6,8,9,10);2*1H2;;/q;;;+1;/p-1. The average molecular weight is 297 g/mol. The monoisotopic (exact) mass is 298 g/mol. The Labute approximate surface area is 85.3 Å². The fraction of sp³-hybridized carbons (Fsp3) is 0. The van der Waals surface area contributed by atoms with Crippen LogP contribution in [0.1, 0.15) is 0 Å². The predicted octanol–water partition coefficient (Wildman–Crippen LogP) is -4.20. The van der Waals surface area contributed by atoms with E-state index >= 15 is 0 Å². The van der Waals surface area contributed by atoms with Crippen molar-refractivity contribution in [3.05, 3.63) is 0 Å². The van der Waals surface area contributed by atoms with Gasteiger partial charge in [0.15, 0.2) is 0 Å². The van der Waals surface area contributed by atoms with Crippen LogP contribution < -0.4 is 5.32 Å². The van der Waals surface area contributed by atoms with Gasteiger partial charge in [0.05, 0.1) is 0 Å². The number of hydrogen-bond acceptors (Lipinski definition) is 4. The van der Waals surface area contributed by atoms with Gasteiger partial charge in [-0.3, -0.25) is 0 Å². The van der Waals surface area contributed by atoms with E-state index in [-0.39, 0.29) is 33.8 Å². The first kappa shape index (κ1) is 14.5. The van der Waals surface area contributed by atoms with Gasteiger partial charge < -0.3 is 11.0 Å². The summed E-state index contributed by atoms with van der Waals surface area (Å²) in [6.45, 7) is 0. The summed E-state index contributed by atoms with van der Waals surface area (Å²) in [5, 5.41) is 1.72. The van der Waals surface area contributed by atoms with Gasteiger partial charge in [0.1, 0.15) is 0 Å². The first-order chi connectivity index (χ1) is 5.04. The Bertz CT molecular complexity index is 276. The summed E-state index contributed by atoms with van der Waals surface area (Å²) in [6, 6.07) is -0.818. The Kier molecular flexibility index (Phi) is 5.46. The molecular weight excluding hydrogens is 291 g/mol. The molecule has 13 heavy (non-hydrogen) atoms. The summed E-state index contributed by atoms with van der Waals surface area (Å²) in [7, 11) is 0. The molecule has 9 heteroatoms. The van der Waals surface area contributed by atoms with E-state index in [0.717, 1.165) is 0 Å². The zero-order valence-electron chi connectivity index (χ0n) is 6.16. The van der Waals surface area contributed by atoms with Crippen molar-refractivity contribution in [3.8, 4) is 0 Å². The molecule has 0 spiro atoms. The Balaban J connectivity index is 0. The van der Waals surface area contributed by atoms with Gasteiger partial charge in [-0.25, -0.2) is 0 Å². The molecule has 1 aliphatic rings. The zero-order valence-corrected chi connectivity index (χ0v) is 9.45. The van der Waals surface area contributed by atoms with E-state index in [2.05, 4.69) is 0 Å². The van der Waals surface area contributed by atoms with Crippen LogP contribution in [0, 0.1) is 0 Å². The molecule has 0 aromatic rings. The topological polar surface area (TPSA) is 147 Å². The van der Waals surface area contributed by atoms with Gasteiger partial charge in [-0.2, -0.15) is 0 Å². The van der Waals surface area contributed by atoms with Gasteiger partial charge in [-0.05, 0) is 0 Å². The minimum atomic E-state index is -1.18. The van der Waals surface area contributed by atoms with E-state index in [1.165, 1.54) is 0 Å². The van der Waals surface area contributed by atoms with Crippen LogP contribution in [0.5, 0.6) is 0 Å². The van der Waals surface area contributed by atoms with Crippen molar-refractivity contribution in [2.75, 3.05) is 0 Å². The number of amides is 4. The second-order valence-corrected chi connectivity index (χ2v) is 3.24. The molecule has 1 aliphatic heterocycles. The quantitative estimate of drug-likeness (QED) is 0.356. The molecule has 0 aromatic heterocycles. The Hall–Kier alpha value is -1.00. The van der Waals surface area contributed by atoms with Crippen LogP contribution in [0.3, 0.4) is 0 Å². The van der Waals surface area contributed by atoms with Crippen LogP contribution in [-0.4, -0.2) is 60.5 Å². The summed E-state index contributed by atoms with van der Waals surface area (Å²) in [5.41, 5.74) is 0. The third-order valence-electron chi connectivity index (χ3n) is 1.06. The van der Waals surface area contributed by atoms with E-state index in [9.17, 15) is 19.2 Å². The fourth-order valence-corrected chi connectivity index (χ4v) is 1.03. The van der Waals surface area contributed by atoms with Crippen LogP contribution in [0.25, 0.3) is 0 Å². The van der Waals surface area contributed by atoms with E-state index in [0.29, 0.717) is 3.12 Å². The maximum atomic E-state index is 10.7. The zero-order chi connectivity index (χ0) is 8.59. The van der Waals surface area contributed by atoms with Gasteiger partial charge in [0, 0.05) is 0 Å². The molecule has 0 aliphatic carbocycles. The van der Waals surface area contributed by atoms with Crippen LogP contribution in [-0.2, 0) is 14.4 Å². The van der Waals surface area contributed by atoms with E-state index < -0.39 is 23.6 Å². The van der Waals surface area contributed by atoms with Crippen LogP contribution in [0.4, 0.5) is 4.79 Å². The number of carbonyl (C=O) groups is 4. The molecule has 1 saturated heterocycles. The van der Waals surface area contributed by atoms with E-state index in [1.807, 2.05) is 0 Å². The number of carbonyl (C=O) groups excluding carboxylic acids is 4. The van der Waals surface area contributed by atoms with Gasteiger partial charge in [-0.1, -0.05) is 0 Å². The van der Waals surface area contributed by atoms with Crippen molar-refractivity contribution in [2.45, 2.75) is 0 Å². The number of ketones is 1. The normalized spacial score (nSPS) is 15.9. The van der Waals surface area contributed by atoms with Crippen molar-refractivity contribution in [3.63, 3.8) is 0 Å². The molecule has 1 rings (SSSR count). The average Bonchev–Trinajstić information content (AvgIpc) is 1.97. The molecule has 0 atom stereocenters. The number of imide groups is 2. The molecular formula is C4H6N2O6Sn. The summed E-state index contributed by atoms with van der Waals surface area (Å²) < 4.78 is 0.675.